The van der Waals surface area contributed by atoms with Gasteiger partial charge in [0.2, 0.25) is 0 Å². The van der Waals surface area contributed by atoms with Crippen molar-refractivity contribution in [3.05, 3.63) is 60.2 Å². The maximum Gasteiger partial charge on any atom is 0.410 e. The van der Waals surface area contributed by atoms with E-state index >= 15 is 0 Å². The summed E-state index contributed by atoms with van der Waals surface area (Å²) in [7, 11) is 0. The molecule has 2 aromatic rings. The number of piperazine rings is 2. The summed E-state index contributed by atoms with van der Waals surface area (Å²) in [6.45, 7) is 7.00. The van der Waals surface area contributed by atoms with Crippen LogP contribution in [-0.2, 0) is 11.3 Å². The van der Waals surface area contributed by atoms with Gasteiger partial charge in [-0.3, -0.25) is 4.90 Å². The van der Waals surface area contributed by atoms with Crippen LogP contribution in [0.1, 0.15) is 18.4 Å². The number of rotatable bonds is 7. The molecule has 0 saturated carbocycles. The molecule has 2 aromatic carbocycles. The smallest absolute Gasteiger partial charge is 0.410 e. The number of amides is 1. The number of hydrogen-bond acceptors (Lipinski definition) is 6. The maximum absolute atomic E-state index is 12.4. The fraction of sp³-hybridized carbons (Fsp3) is 0.500. The van der Waals surface area contributed by atoms with Crippen LogP contribution in [0.2, 0.25) is 0 Å². The van der Waals surface area contributed by atoms with Gasteiger partial charge >= 0.3 is 6.09 Å². The minimum atomic E-state index is -0.227. The van der Waals surface area contributed by atoms with Gasteiger partial charge in [0.1, 0.15) is 19.0 Å². The lowest BCUT2D eigenvalue weighted by atomic mass is 10.1. The Morgan fingerprint density at radius 3 is 2.19 bits per heavy atom. The van der Waals surface area contributed by atoms with Gasteiger partial charge in [0.15, 0.2) is 0 Å². The highest BCUT2D eigenvalue weighted by atomic mass is 35.5. The summed E-state index contributed by atoms with van der Waals surface area (Å²) in [6.07, 6.45) is 2.28. The number of carbonyl (C=O) groups excluding carboxylic acids is 1. The predicted molar refractivity (Wildman–Crippen MR) is 150 cm³/mol. The average Bonchev–Trinajstić information content (AvgIpc) is 3.11. The number of ether oxygens (including phenoxy) is 2. The number of fused-ring (bicyclic) bond motifs is 2. The van der Waals surface area contributed by atoms with Crippen molar-refractivity contribution in [2.75, 3.05) is 57.3 Å². The predicted octanol–water partition coefficient (Wildman–Crippen LogP) is 4.23. The molecule has 2 atom stereocenters. The van der Waals surface area contributed by atoms with Gasteiger partial charge in [0, 0.05) is 57.9 Å². The van der Waals surface area contributed by atoms with Crippen molar-refractivity contribution in [1.29, 1.82) is 0 Å². The number of anilines is 1. The second-order valence-corrected chi connectivity index (χ2v) is 9.14. The Hall–Kier alpha value is -1.90. The number of halogens is 3. The Balaban J connectivity index is 0.00000152. The molecule has 0 aromatic heterocycles. The Bertz CT molecular complexity index is 916. The van der Waals surface area contributed by atoms with E-state index in [0.717, 1.165) is 44.0 Å². The van der Waals surface area contributed by atoms with Crippen LogP contribution in [0.4, 0.5) is 10.5 Å². The minimum Gasteiger partial charge on any atom is -0.490 e. The lowest BCUT2D eigenvalue weighted by Gasteiger charge is -2.38. The molecule has 3 aliphatic rings. The third-order valence-corrected chi connectivity index (χ3v) is 7.02. The van der Waals surface area contributed by atoms with E-state index < -0.39 is 0 Å². The van der Waals surface area contributed by atoms with E-state index in [0.29, 0.717) is 38.4 Å². The number of nitrogens with one attached hydrogen (secondary N) is 1. The summed E-state index contributed by atoms with van der Waals surface area (Å²) in [5.74, 6) is 0.986. The highest BCUT2D eigenvalue weighted by molar-refractivity contribution is 5.86. The summed E-state index contributed by atoms with van der Waals surface area (Å²) in [5.41, 5.74) is 2.24. The lowest BCUT2D eigenvalue weighted by Crippen LogP contribution is -2.52. The van der Waals surface area contributed by atoms with Crippen molar-refractivity contribution in [2.45, 2.75) is 31.5 Å². The van der Waals surface area contributed by atoms with E-state index in [4.69, 9.17) is 9.47 Å². The van der Waals surface area contributed by atoms with Gasteiger partial charge in [-0.05, 0) is 30.5 Å². The molecule has 3 aliphatic heterocycles. The van der Waals surface area contributed by atoms with Crippen LogP contribution in [0.25, 0.3) is 0 Å². The number of hydrogen-bond donors (Lipinski definition) is 1. The summed E-state index contributed by atoms with van der Waals surface area (Å²) < 4.78 is 11.7. The van der Waals surface area contributed by atoms with Crippen molar-refractivity contribution < 1.29 is 14.3 Å². The fourth-order valence-corrected chi connectivity index (χ4v) is 5.21. The topological polar surface area (TPSA) is 57.3 Å². The van der Waals surface area contributed by atoms with E-state index in [1.54, 1.807) is 4.90 Å². The van der Waals surface area contributed by atoms with Gasteiger partial charge in [0.25, 0.3) is 0 Å². The van der Waals surface area contributed by atoms with Crippen LogP contribution in [0.5, 0.6) is 5.75 Å². The molecule has 3 saturated heterocycles. The first-order chi connectivity index (χ1) is 16.3. The SMILES string of the molecule is Cl.Cl.Cl.O=C(OCc1ccccc1)N1CCN(CCOc2ccccc2N2C3CCC2CNC3)CC1. The second-order valence-electron chi connectivity index (χ2n) is 9.14. The lowest BCUT2D eigenvalue weighted by molar-refractivity contribution is 0.0684. The zero-order chi connectivity index (χ0) is 22.5. The van der Waals surface area contributed by atoms with Crippen LogP contribution in [-0.4, -0.2) is 80.4 Å². The molecule has 0 spiro atoms. The first-order valence-corrected chi connectivity index (χ1v) is 12.2. The molecule has 10 heteroatoms. The molecule has 5 rings (SSSR count). The third-order valence-electron chi connectivity index (χ3n) is 7.02. The van der Waals surface area contributed by atoms with E-state index in [2.05, 4.69) is 39.4 Å². The van der Waals surface area contributed by atoms with Crippen LogP contribution >= 0.6 is 37.2 Å². The first kappa shape index (κ1) is 30.3. The largest absolute Gasteiger partial charge is 0.490 e. The molecular formula is C26H37Cl3N4O3. The van der Waals surface area contributed by atoms with E-state index in [1.165, 1.54) is 18.5 Å². The Kier molecular flexibility index (Phi) is 12.4. The normalized spacial score (nSPS) is 21.0. The van der Waals surface area contributed by atoms with Crippen molar-refractivity contribution in [3.63, 3.8) is 0 Å². The van der Waals surface area contributed by atoms with Gasteiger partial charge in [-0.25, -0.2) is 4.79 Å². The third kappa shape index (κ3) is 7.33. The highest BCUT2D eigenvalue weighted by Gasteiger charge is 2.37. The molecule has 2 unspecified atom stereocenters. The quantitative estimate of drug-likeness (QED) is 0.548. The second kappa shape index (κ2) is 14.7. The molecule has 36 heavy (non-hydrogen) atoms. The minimum absolute atomic E-state index is 0. The van der Waals surface area contributed by atoms with Gasteiger partial charge in [0.05, 0.1) is 5.69 Å². The molecule has 3 fully saturated rings. The fourth-order valence-electron chi connectivity index (χ4n) is 5.21. The van der Waals surface area contributed by atoms with Crippen LogP contribution in [0.15, 0.2) is 54.6 Å². The molecule has 1 N–H and O–H groups in total. The monoisotopic (exact) mass is 558 g/mol. The van der Waals surface area contributed by atoms with Crippen molar-refractivity contribution in [1.82, 2.24) is 15.1 Å². The van der Waals surface area contributed by atoms with Gasteiger partial charge in [-0.1, -0.05) is 42.5 Å². The van der Waals surface area contributed by atoms with E-state index in [-0.39, 0.29) is 43.3 Å². The van der Waals surface area contributed by atoms with Crippen molar-refractivity contribution in [3.8, 4) is 5.75 Å². The number of para-hydroxylation sites is 2. The van der Waals surface area contributed by atoms with Gasteiger partial charge < -0.3 is 24.6 Å². The molecule has 0 aliphatic carbocycles. The molecule has 7 nitrogen and oxygen atoms in total. The molecule has 3 heterocycles. The highest BCUT2D eigenvalue weighted by Crippen LogP contribution is 2.37. The summed E-state index contributed by atoms with van der Waals surface area (Å²) in [5, 5.41) is 3.55. The standard InChI is InChI=1S/C26H34N4O3.3ClH/c31-26(33-20-21-6-2-1-3-7-21)29-14-12-28(13-15-29)16-17-32-25-9-5-4-8-24(25)30-22-10-11-23(30)19-27-18-22;;;/h1-9,22-23,27H,10-20H2;3*1H. The van der Waals surface area contributed by atoms with E-state index in [1.807, 2.05) is 30.3 Å². The maximum atomic E-state index is 12.4. The summed E-state index contributed by atoms with van der Waals surface area (Å²) in [6, 6.07) is 19.4. The molecule has 0 radical (unpaired) electrons. The zero-order valence-corrected chi connectivity index (χ0v) is 22.9. The van der Waals surface area contributed by atoms with Gasteiger partial charge in [-0.2, -0.15) is 0 Å². The Labute approximate surface area is 232 Å². The Morgan fingerprint density at radius 1 is 0.861 bits per heavy atom. The van der Waals surface area contributed by atoms with Crippen molar-refractivity contribution >= 4 is 49.0 Å². The van der Waals surface area contributed by atoms with Crippen LogP contribution in [0.3, 0.4) is 0 Å². The van der Waals surface area contributed by atoms with Gasteiger partial charge in [-0.15, -0.1) is 37.2 Å². The van der Waals surface area contributed by atoms with Crippen LogP contribution in [0, 0.1) is 0 Å². The molecular weight excluding hydrogens is 523 g/mol. The zero-order valence-electron chi connectivity index (χ0n) is 20.4. The summed E-state index contributed by atoms with van der Waals surface area (Å²) in [4.78, 5) is 19.1. The van der Waals surface area contributed by atoms with E-state index in [9.17, 15) is 4.79 Å². The average molecular weight is 560 g/mol. The first-order valence-electron chi connectivity index (χ1n) is 12.2. The number of benzene rings is 2. The number of nitrogens with zero attached hydrogens (tertiary/aromatic N) is 3. The summed E-state index contributed by atoms with van der Waals surface area (Å²) >= 11 is 0. The van der Waals surface area contributed by atoms with Crippen LogP contribution < -0.4 is 15.0 Å². The number of carbonyl (C=O) groups is 1. The molecule has 2 bridgehead atoms. The Morgan fingerprint density at radius 2 is 1.50 bits per heavy atom. The van der Waals surface area contributed by atoms with Crippen molar-refractivity contribution in [2.24, 2.45) is 0 Å². The molecule has 200 valence electrons. The molecule has 1 amide bonds.